The highest BCUT2D eigenvalue weighted by Gasteiger charge is 2.12. The lowest BCUT2D eigenvalue weighted by molar-refractivity contribution is 0.0286. The van der Waals surface area contributed by atoms with E-state index in [1.165, 1.54) is 23.5 Å². The van der Waals surface area contributed by atoms with Crippen molar-refractivity contribution in [2.45, 2.75) is 0 Å². The van der Waals surface area contributed by atoms with E-state index in [2.05, 4.69) is 10.3 Å². The lowest BCUT2D eigenvalue weighted by Gasteiger charge is -2.08. The van der Waals surface area contributed by atoms with Crippen LogP contribution in [0.3, 0.4) is 0 Å². The van der Waals surface area contributed by atoms with Gasteiger partial charge in [-0.2, -0.15) is 0 Å². The molecule has 0 aromatic heterocycles. The molecule has 0 heterocycles. The summed E-state index contributed by atoms with van der Waals surface area (Å²) >= 11 is 2.47. The average Bonchev–Trinajstić information content (AvgIpc) is 2.72. The van der Waals surface area contributed by atoms with Crippen molar-refractivity contribution in [3.8, 4) is 0 Å². The molecule has 0 saturated heterocycles. The Morgan fingerprint density at radius 3 is 1.21 bits per heavy atom. The maximum absolute atomic E-state index is 9.13. The zero-order valence-corrected chi connectivity index (χ0v) is 18.2. The fourth-order valence-electron chi connectivity index (χ4n) is 1.59. The molecule has 0 fully saturated rings. The molecule has 0 atom stereocenters. The monoisotopic (exact) mass is 444 g/mol. The average molecular weight is 445 g/mol. The predicted molar refractivity (Wildman–Crippen MR) is 110 cm³/mol. The summed E-state index contributed by atoms with van der Waals surface area (Å²) in [5.74, 6) is 1.10. The van der Waals surface area contributed by atoms with E-state index in [1.54, 1.807) is 14.2 Å². The maximum atomic E-state index is 9.13. The van der Waals surface area contributed by atoms with Gasteiger partial charge in [0.1, 0.15) is 0 Å². The Bertz CT molecular complexity index is 367. The smallest absolute Gasteiger partial charge is 0.171 e. The summed E-state index contributed by atoms with van der Waals surface area (Å²) in [5.41, 5.74) is 0. The van der Waals surface area contributed by atoms with Gasteiger partial charge in [-0.05, 0) is 0 Å². The molecule has 0 rings (SSSR count). The van der Waals surface area contributed by atoms with Gasteiger partial charge in [0.25, 0.3) is 0 Å². The summed E-state index contributed by atoms with van der Waals surface area (Å²) in [7, 11) is 3.24. The third-order valence-electron chi connectivity index (χ3n) is 2.91. The molecule has 0 aliphatic rings. The molecule has 0 aromatic rings. The van der Waals surface area contributed by atoms with Crippen LogP contribution in [0.25, 0.3) is 0 Å². The summed E-state index contributed by atoms with van der Waals surface area (Å²) in [4.78, 5) is 0. The quantitative estimate of drug-likeness (QED) is 0.105. The Hall–Kier alpha value is -0.600. The Morgan fingerprint density at radius 2 is 0.893 bits per heavy atom. The molecule has 0 aliphatic carbocycles. The number of oxime groups is 2. The summed E-state index contributed by atoms with van der Waals surface area (Å²) < 4.78 is 31.1. The van der Waals surface area contributed by atoms with Crippen molar-refractivity contribution in [3.05, 3.63) is 0 Å². The second kappa shape index (κ2) is 22.7. The van der Waals surface area contributed by atoms with Gasteiger partial charge in [-0.25, -0.2) is 0 Å². The summed E-state index contributed by atoms with van der Waals surface area (Å²) in [5, 5.41) is 25.1. The molecule has 0 saturated carbocycles. The first-order valence-electron chi connectivity index (χ1n) is 8.79. The summed E-state index contributed by atoms with van der Waals surface area (Å²) in [6.45, 7) is 5.01. The number of thioether (sulfide) groups is 2. The van der Waals surface area contributed by atoms with Gasteiger partial charge >= 0.3 is 0 Å². The Labute approximate surface area is 174 Å². The van der Waals surface area contributed by atoms with Gasteiger partial charge < -0.3 is 38.8 Å². The molecule has 0 aliphatic heterocycles. The van der Waals surface area contributed by atoms with Crippen LogP contribution in [0, 0.1) is 0 Å². The van der Waals surface area contributed by atoms with Crippen LogP contribution in [-0.2, 0) is 28.4 Å². The minimum atomic E-state index is 0.232. The minimum absolute atomic E-state index is 0.232. The molecular weight excluding hydrogens is 412 g/mol. The lowest BCUT2D eigenvalue weighted by atomic mass is 10.7. The number of nitrogens with zero attached hydrogens (tertiary/aromatic N) is 2. The van der Waals surface area contributed by atoms with E-state index in [0.717, 1.165) is 0 Å². The van der Waals surface area contributed by atoms with Crippen LogP contribution in [0.5, 0.6) is 0 Å². The number of rotatable bonds is 18. The number of methoxy groups -OCH3 is 2. The van der Waals surface area contributed by atoms with Crippen LogP contribution >= 0.6 is 23.5 Å². The normalized spacial score (nSPS) is 12.6. The molecule has 12 heteroatoms. The van der Waals surface area contributed by atoms with Crippen molar-refractivity contribution < 1.29 is 38.8 Å². The SMILES string of the molecule is COCCOCCOCCSC(=N\O)/C(=N\O)SCCOCCOCCOC. The second-order valence-electron chi connectivity index (χ2n) is 4.94. The van der Waals surface area contributed by atoms with Gasteiger partial charge in [0.2, 0.25) is 0 Å². The van der Waals surface area contributed by atoms with Crippen molar-refractivity contribution in [3.63, 3.8) is 0 Å². The first kappa shape index (κ1) is 27.4. The number of hydrogen-bond acceptors (Lipinski definition) is 12. The van der Waals surface area contributed by atoms with Gasteiger partial charge in [-0.15, -0.1) is 0 Å². The lowest BCUT2D eigenvalue weighted by Crippen LogP contribution is -2.14. The zero-order valence-electron chi connectivity index (χ0n) is 16.5. The highest BCUT2D eigenvalue weighted by molar-refractivity contribution is 8.25. The molecule has 0 unspecified atom stereocenters. The molecule has 0 aromatic carbocycles. The fourth-order valence-corrected chi connectivity index (χ4v) is 3.18. The van der Waals surface area contributed by atoms with E-state index >= 15 is 0 Å². The van der Waals surface area contributed by atoms with Crippen molar-refractivity contribution in [1.82, 2.24) is 0 Å². The van der Waals surface area contributed by atoms with Gasteiger partial charge in [-0.1, -0.05) is 33.8 Å². The molecule has 0 bridgehead atoms. The van der Waals surface area contributed by atoms with Crippen LogP contribution in [0.15, 0.2) is 10.3 Å². The first-order valence-corrected chi connectivity index (χ1v) is 10.8. The van der Waals surface area contributed by atoms with Crippen LogP contribution in [0.2, 0.25) is 0 Å². The molecule has 166 valence electrons. The third kappa shape index (κ3) is 17.5. The maximum Gasteiger partial charge on any atom is 0.171 e. The van der Waals surface area contributed by atoms with Crippen molar-refractivity contribution in [2.75, 3.05) is 91.8 Å². The molecule has 10 nitrogen and oxygen atoms in total. The van der Waals surface area contributed by atoms with Crippen LogP contribution < -0.4 is 0 Å². The number of hydrogen-bond donors (Lipinski definition) is 2. The fraction of sp³-hybridized carbons (Fsp3) is 0.875. The molecule has 28 heavy (non-hydrogen) atoms. The first-order chi connectivity index (χ1) is 13.8. The minimum Gasteiger partial charge on any atom is -0.410 e. The van der Waals surface area contributed by atoms with Gasteiger partial charge in [0.15, 0.2) is 10.1 Å². The van der Waals surface area contributed by atoms with Crippen LogP contribution in [0.4, 0.5) is 0 Å². The van der Waals surface area contributed by atoms with Gasteiger partial charge in [0, 0.05) is 25.7 Å². The Balaban J connectivity index is 3.71. The van der Waals surface area contributed by atoms with Gasteiger partial charge in [-0.3, -0.25) is 0 Å². The third-order valence-corrected chi connectivity index (χ3v) is 4.87. The molecule has 0 spiro atoms. The number of ether oxygens (including phenoxy) is 6. The van der Waals surface area contributed by atoms with Gasteiger partial charge in [0.05, 0.1) is 66.1 Å². The standard InChI is InChI=1S/C16H32N2O8S2/c1-21-3-5-23-7-9-25-11-13-27-15(17-19)16(18-20)28-14-12-26-10-8-24-6-4-22-2/h19-20H,3-14H2,1-2H3/b17-15-,18-16+. The van der Waals surface area contributed by atoms with E-state index < -0.39 is 0 Å². The summed E-state index contributed by atoms with van der Waals surface area (Å²) in [6.07, 6.45) is 0. The largest absolute Gasteiger partial charge is 0.410 e. The van der Waals surface area contributed by atoms with Crippen molar-refractivity contribution >= 4 is 33.6 Å². The molecular formula is C16H32N2O8S2. The van der Waals surface area contributed by atoms with E-state index in [1.807, 2.05) is 0 Å². The Kier molecular flexibility index (Phi) is 22.2. The molecule has 2 N–H and O–H groups in total. The second-order valence-corrected chi connectivity index (χ2v) is 7.11. The van der Waals surface area contributed by atoms with Crippen LogP contribution in [0.1, 0.15) is 0 Å². The molecule has 0 radical (unpaired) electrons. The Morgan fingerprint density at radius 1 is 0.571 bits per heavy atom. The topological polar surface area (TPSA) is 121 Å². The van der Waals surface area contributed by atoms with Crippen LogP contribution in [-0.4, -0.2) is 112 Å². The van der Waals surface area contributed by atoms with E-state index in [9.17, 15) is 0 Å². The highest BCUT2D eigenvalue weighted by Crippen LogP contribution is 2.14. The molecule has 0 amide bonds. The zero-order chi connectivity index (χ0) is 20.7. The summed E-state index contributed by atoms with van der Waals surface area (Å²) in [6, 6.07) is 0. The predicted octanol–water partition coefficient (Wildman–Crippen LogP) is 1.39. The van der Waals surface area contributed by atoms with E-state index in [0.29, 0.717) is 77.6 Å². The highest BCUT2D eigenvalue weighted by atomic mass is 32.2. The van der Waals surface area contributed by atoms with E-state index in [-0.39, 0.29) is 10.1 Å². The van der Waals surface area contributed by atoms with Crippen molar-refractivity contribution in [2.24, 2.45) is 10.3 Å². The van der Waals surface area contributed by atoms with E-state index in [4.69, 9.17) is 38.8 Å². The van der Waals surface area contributed by atoms with Crippen molar-refractivity contribution in [1.29, 1.82) is 0 Å².